The third kappa shape index (κ3) is 4.72. The van der Waals surface area contributed by atoms with Gasteiger partial charge >= 0.3 is 0 Å². The van der Waals surface area contributed by atoms with Crippen molar-refractivity contribution >= 4 is 23.2 Å². The second-order valence-electron chi connectivity index (χ2n) is 7.47. The van der Waals surface area contributed by atoms with Crippen molar-refractivity contribution in [3.63, 3.8) is 0 Å². The highest BCUT2D eigenvalue weighted by Gasteiger charge is 2.24. The van der Waals surface area contributed by atoms with E-state index in [1.165, 1.54) is 18.7 Å². The van der Waals surface area contributed by atoms with Crippen LogP contribution in [0.3, 0.4) is 0 Å². The molecule has 0 aliphatic carbocycles. The summed E-state index contributed by atoms with van der Waals surface area (Å²) in [6.45, 7) is 1.42. The molecular formula is C26H22N4O3. The molecular weight excluding hydrogens is 416 g/mol. The van der Waals surface area contributed by atoms with E-state index in [9.17, 15) is 14.4 Å². The van der Waals surface area contributed by atoms with E-state index >= 15 is 0 Å². The molecule has 7 nitrogen and oxygen atoms in total. The smallest absolute Gasteiger partial charge is 0.280 e. The standard InChI is InChI=1S/C26H22N4O3/c1-17(31)27-20-13-15-21(16-14-20)28-25(32)23-22(18-9-5-3-6-10-18)24(29-30(2)26(23)33)19-11-7-4-8-12-19/h3-16H,1-2H3,(H,27,31)(H,28,32). The van der Waals surface area contributed by atoms with E-state index in [0.29, 0.717) is 28.2 Å². The molecule has 0 fully saturated rings. The maximum Gasteiger partial charge on any atom is 0.280 e. The first-order valence-corrected chi connectivity index (χ1v) is 10.3. The fourth-order valence-corrected chi connectivity index (χ4v) is 3.56. The average Bonchev–Trinajstić information content (AvgIpc) is 2.82. The van der Waals surface area contributed by atoms with Crippen molar-refractivity contribution in [2.75, 3.05) is 10.6 Å². The van der Waals surface area contributed by atoms with Gasteiger partial charge in [0.15, 0.2) is 0 Å². The minimum absolute atomic E-state index is 0.00323. The van der Waals surface area contributed by atoms with E-state index in [1.807, 2.05) is 60.7 Å². The van der Waals surface area contributed by atoms with Crippen molar-refractivity contribution in [1.82, 2.24) is 9.78 Å². The molecule has 2 N–H and O–H groups in total. The number of benzene rings is 3. The second kappa shape index (κ2) is 9.32. The summed E-state index contributed by atoms with van der Waals surface area (Å²) in [4.78, 5) is 37.8. The zero-order valence-electron chi connectivity index (χ0n) is 18.2. The predicted molar refractivity (Wildman–Crippen MR) is 129 cm³/mol. The van der Waals surface area contributed by atoms with Crippen LogP contribution in [-0.4, -0.2) is 21.6 Å². The Kier molecular flexibility index (Phi) is 6.13. The van der Waals surface area contributed by atoms with Crippen LogP contribution in [0.4, 0.5) is 11.4 Å². The highest BCUT2D eigenvalue weighted by molar-refractivity contribution is 6.10. The van der Waals surface area contributed by atoms with Crippen molar-refractivity contribution in [2.24, 2.45) is 7.05 Å². The van der Waals surface area contributed by atoms with Crippen LogP contribution in [0.15, 0.2) is 89.7 Å². The van der Waals surface area contributed by atoms with Gasteiger partial charge in [-0.15, -0.1) is 0 Å². The minimum atomic E-state index is -0.540. The van der Waals surface area contributed by atoms with Crippen molar-refractivity contribution < 1.29 is 9.59 Å². The number of carbonyl (C=O) groups is 2. The third-order valence-corrected chi connectivity index (χ3v) is 5.04. The molecule has 7 heteroatoms. The molecule has 0 saturated heterocycles. The van der Waals surface area contributed by atoms with Gasteiger partial charge in [-0.1, -0.05) is 60.7 Å². The highest BCUT2D eigenvalue weighted by Crippen LogP contribution is 2.32. The molecule has 0 radical (unpaired) electrons. The molecule has 0 unspecified atom stereocenters. The van der Waals surface area contributed by atoms with Crippen LogP contribution in [0.25, 0.3) is 22.4 Å². The molecule has 3 aromatic carbocycles. The van der Waals surface area contributed by atoms with Crippen LogP contribution < -0.4 is 16.2 Å². The van der Waals surface area contributed by atoms with E-state index in [4.69, 9.17) is 0 Å². The molecule has 0 bridgehead atoms. The monoisotopic (exact) mass is 438 g/mol. The lowest BCUT2D eigenvalue weighted by Crippen LogP contribution is -2.31. The molecule has 1 heterocycles. The number of amides is 2. The summed E-state index contributed by atoms with van der Waals surface area (Å²) in [5.74, 6) is -0.727. The third-order valence-electron chi connectivity index (χ3n) is 5.04. The van der Waals surface area contributed by atoms with E-state index in [-0.39, 0.29) is 11.5 Å². The molecule has 0 aliphatic heterocycles. The van der Waals surface area contributed by atoms with Gasteiger partial charge < -0.3 is 10.6 Å². The number of carbonyl (C=O) groups excluding carboxylic acids is 2. The Bertz CT molecular complexity index is 1360. The fraction of sp³-hybridized carbons (Fsp3) is 0.0769. The van der Waals surface area contributed by atoms with E-state index < -0.39 is 11.5 Å². The van der Waals surface area contributed by atoms with Gasteiger partial charge in [0.1, 0.15) is 5.56 Å². The van der Waals surface area contributed by atoms with Gasteiger partial charge in [0.2, 0.25) is 5.91 Å². The lowest BCUT2D eigenvalue weighted by atomic mass is 9.95. The molecule has 0 atom stereocenters. The van der Waals surface area contributed by atoms with Gasteiger partial charge in [0, 0.05) is 36.5 Å². The van der Waals surface area contributed by atoms with Gasteiger partial charge in [0.05, 0.1) is 5.69 Å². The summed E-state index contributed by atoms with van der Waals surface area (Å²) in [6.07, 6.45) is 0. The van der Waals surface area contributed by atoms with Crippen molar-refractivity contribution in [1.29, 1.82) is 0 Å². The van der Waals surface area contributed by atoms with Crippen LogP contribution in [0.5, 0.6) is 0 Å². The lowest BCUT2D eigenvalue weighted by molar-refractivity contribution is -0.114. The molecule has 164 valence electrons. The SMILES string of the molecule is CC(=O)Nc1ccc(NC(=O)c2c(-c3ccccc3)c(-c3ccccc3)nn(C)c2=O)cc1. The number of aryl methyl sites for hydroxylation is 1. The fourth-order valence-electron chi connectivity index (χ4n) is 3.56. The Hall–Kier alpha value is -4.52. The first-order chi connectivity index (χ1) is 15.9. The number of hydrogen-bond donors (Lipinski definition) is 2. The number of hydrogen-bond acceptors (Lipinski definition) is 4. The van der Waals surface area contributed by atoms with E-state index in [2.05, 4.69) is 15.7 Å². The van der Waals surface area contributed by atoms with Gasteiger partial charge in [-0.2, -0.15) is 5.10 Å². The van der Waals surface area contributed by atoms with Crippen LogP contribution in [-0.2, 0) is 11.8 Å². The normalized spacial score (nSPS) is 10.5. The molecule has 0 spiro atoms. The lowest BCUT2D eigenvalue weighted by Gasteiger charge is -2.16. The minimum Gasteiger partial charge on any atom is -0.326 e. The summed E-state index contributed by atoms with van der Waals surface area (Å²) in [5, 5.41) is 9.97. The van der Waals surface area contributed by atoms with Crippen LogP contribution in [0.2, 0.25) is 0 Å². The van der Waals surface area contributed by atoms with E-state index in [0.717, 1.165) is 5.56 Å². The Labute approximate surface area is 190 Å². The van der Waals surface area contributed by atoms with Crippen LogP contribution in [0.1, 0.15) is 17.3 Å². The van der Waals surface area contributed by atoms with Crippen LogP contribution >= 0.6 is 0 Å². The number of aromatic nitrogens is 2. The Morgan fingerprint density at radius 1 is 0.758 bits per heavy atom. The zero-order valence-corrected chi connectivity index (χ0v) is 18.2. The molecule has 0 aliphatic rings. The number of anilines is 2. The number of nitrogens with zero attached hydrogens (tertiary/aromatic N) is 2. The molecule has 33 heavy (non-hydrogen) atoms. The highest BCUT2D eigenvalue weighted by atomic mass is 16.2. The van der Waals surface area contributed by atoms with Crippen molar-refractivity contribution in [3.05, 3.63) is 101 Å². The molecule has 2 amide bonds. The topological polar surface area (TPSA) is 93.1 Å². The summed E-state index contributed by atoms with van der Waals surface area (Å²) >= 11 is 0. The predicted octanol–water partition coefficient (Wildman–Crippen LogP) is 4.33. The maximum absolute atomic E-state index is 13.4. The average molecular weight is 438 g/mol. The quantitative estimate of drug-likeness (QED) is 0.485. The number of nitrogens with one attached hydrogen (secondary N) is 2. The first kappa shape index (κ1) is 21.7. The number of rotatable bonds is 5. The first-order valence-electron chi connectivity index (χ1n) is 10.3. The largest absolute Gasteiger partial charge is 0.326 e. The van der Waals surface area contributed by atoms with Gasteiger partial charge in [-0.05, 0) is 29.8 Å². The summed E-state index contributed by atoms with van der Waals surface area (Å²) < 4.78 is 1.18. The second-order valence-corrected chi connectivity index (χ2v) is 7.47. The van der Waals surface area contributed by atoms with Crippen molar-refractivity contribution in [3.8, 4) is 22.4 Å². The van der Waals surface area contributed by atoms with Gasteiger partial charge in [-0.25, -0.2) is 4.68 Å². The Balaban J connectivity index is 1.83. The van der Waals surface area contributed by atoms with Gasteiger partial charge in [-0.3, -0.25) is 14.4 Å². The molecule has 0 saturated carbocycles. The maximum atomic E-state index is 13.4. The van der Waals surface area contributed by atoms with Crippen molar-refractivity contribution in [2.45, 2.75) is 6.92 Å². The van der Waals surface area contributed by atoms with E-state index in [1.54, 1.807) is 24.3 Å². The molecule has 4 aromatic rings. The Morgan fingerprint density at radius 3 is 1.82 bits per heavy atom. The molecule has 4 rings (SSSR count). The summed E-state index contributed by atoms with van der Waals surface area (Å²) in [7, 11) is 1.53. The van der Waals surface area contributed by atoms with Gasteiger partial charge in [0.25, 0.3) is 11.5 Å². The Morgan fingerprint density at radius 2 is 1.27 bits per heavy atom. The summed E-state index contributed by atoms with van der Waals surface area (Å²) in [6, 6.07) is 25.4. The summed E-state index contributed by atoms with van der Waals surface area (Å²) in [5.41, 5.74) is 3.12. The molecule has 1 aromatic heterocycles. The van der Waals surface area contributed by atoms with Crippen LogP contribution in [0, 0.1) is 0 Å². The zero-order chi connectivity index (χ0) is 23.4.